The summed E-state index contributed by atoms with van der Waals surface area (Å²) < 4.78 is 35.0. The first-order valence-electron chi connectivity index (χ1n) is 5.31. The van der Waals surface area contributed by atoms with E-state index in [4.69, 9.17) is 5.26 Å². The molecule has 18 heavy (non-hydrogen) atoms. The standard InChI is InChI=1S/C13H7F2NO2/c14-13(15)17-11-6-2-5-10(12(11)18-13)9-4-1-3-8(9)7-16/h2-6H,1H2. The van der Waals surface area contributed by atoms with E-state index in [0.29, 0.717) is 23.1 Å². The number of benzene rings is 1. The van der Waals surface area contributed by atoms with Crippen LogP contribution in [0.5, 0.6) is 11.5 Å². The van der Waals surface area contributed by atoms with Crippen molar-refractivity contribution >= 4 is 5.57 Å². The van der Waals surface area contributed by atoms with Crippen LogP contribution in [0.25, 0.3) is 5.57 Å². The Morgan fingerprint density at radius 2 is 2.06 bits per heavy atom. The minimum atomic E-state index is -3.64. The lowest BCUT2D eigenvalue weighted by atomic mass is 10.0. The quantitative estimate of drug-likeness (QED) is 0.765. The molecule has 0 atom stereocenters. The number of halogens is 2. The Morgan fingerprint density at radius 3 is 2.83 bits per heavy atom. The van der Waals surface area contributed by atoms with Crippen LogP contribution in [0.2, 0.25) is 0 Å². The summed E-state index contributed by atoms with van der Waals surface area (Å²) in [5.74, 6) is -0.0283. The van der Waals surface area contributed by atoms with Crippen molar-refractivity contribution in [2.45, 2.75) is 12.7 Å². The van der Waals surface area contributed by atoms with Gasteiger partial charge in [0.15, 0.2) is 11.5 Å². The monoisotopic (exact) mass is 247 g/mol. The number of hydrogen-bond donors (Lipinski definition) is 0. The lowest BCUT2D eigenvalue weighted by molar-refractivity contribution is -0.286. The first kappa shape index (κ1) is 10.8. The number of nitriles is 1. The van der Waals surface area contributed by atoms with Crippen molar-refractivity contribution in [3.8, 4) is 17.6 Å². The van der Waals surface area contributed by atoms with Gasteiger partial charge in [0.2, 0.25) is 0 Å². The molecule has 1 aliphatic heterocycles. The highest BCUT2D eigenvalue weighted by Crippen LogP contribution is 2.47. The average Bonchev–Trinajstić information content (AvgIpc) is 2.89. The molecule has 0 spiro atoms. The largest absolute Gasteiger partial charge is 0.586 e. The van der Waals surface area contributed by atoms with Crippen LogP contribution in [-0.2, 0) is 0 Å². The molecular weight excluding hydrogens is 240 g/mol. The van der Waals surface area contributed by atoms with Crippen LogP contribution >= 0.6 is 0 Å². The van der Waals surface area contributed by atoms with E-state index >= 15 is 0 Å². The Morgan fingerprint density at radius 1 is 1.22 bits per heavy atom. The third-order valence-electron chi connectivity index (χ3n) is 2.77. The van der Waals surface area contributed by atoms with Gasteiger partial charge < -0.3 is 9.47 Å². The zero-order chi connectivity index (χ0) is 12.8. The topological polar surface area (TPSA) is 42.2 Å². The molecule has 1 aromatic carbocycles. The maximum Gasteiger partial charge on any atom is 0.586 e. The number of rotatable bonds is 1. The minimum Gasteiger partial charge on any atom is -0.395 e. The molecule has 0 saturated carbocycles. The van der Waals surface area contributed by atoms with Gasteiger partial charge in [0.25, 0.3) is 0 Å². The Labute approximate surface area is 102 Å². The van der Waals surface area contributed by atoms with Crippen LogP contribution in [-0.4, -0.2) is 6.29 Å². The molecular formula is C13H7F2NO2. The fourth-order valence-electron chi connectivity index (χ4n) is 2.06. The first-order valence-corrected chi connectivity index (χ1v) is 5.31. The van der Waals surface area contributed by atoms with Crippen LogP contribution in [0, 0.1) is 11.3 Å². The molecule has 1 aromatic rings. The summed E-state index contributed by atoms with van der Waals surface area (Å²) in [7, 11) is 0. The van der Waals surface area contributed by atoms with Gasteiger partial charge in [-0.15, -0.1) is 8.78 Å². The highest BCUT2D eigenvalue weighted by Gasteiger charge is 2.44. The molecule has 0 radical (unpaired) electrons. The van der Waals surface area contributed by atoms with Crippen LogP contribution in [0.1, 0.15) is 12.0 Å². The number of ether oxygens (including phenoxy) is 2. The molecule has 3 rings (SSSR count). The molecule has 2 aliphatic rings. The number of hydrogen-bond acceptors (Lipinski definition) is 3. The van der Waals surface area contributed by atoms with E-state index < -0.39 is 6.29 Å². The predicted octanol–water partition coefficient (Wildman–Crippen LogP) is 3.25. The van der Waals surface area contributed by atoms with Gasteiger partial charge in [0.05, 0.1) is 11.6 Å². The lowest BCUT2D eigenvalue weighted by Gasteiger charge is -2.08. The second kappa shape index (κ2) is 3.57. The van der Waals surface area contributed by atoms with E-state index in [-0.39, 0.29) is 11.5 Å². The molecule has 0 fully saturated rings. The highest BCUT2D eigenvalue weighted by atomic mass is 19.3. The van der Waals surface area contributed by atoms with Crippen molar-refractivity contribution in [3.63, 3.8) is 0 Å². The molecule has 0 N–H and O–H groups in total. The molecule has 0 amide bonds. The van der Waals surface area contributed by atoms with Crippen LogP contribution < -0.4 is 9.47 Å². The van der Waals surface area contributed by atoms with E-state index in [9.17, 15) is 8.78 Å². The molecule has 1 heterocycles. The van der Waals surface area contributed by atoms with Gasteiger partial charge in [-0.2, -0.15) is 5.26 Å². The maximum atomic E-state index is 13.0. The first-order chi connectivity index (χ1) is 8.61. The summed E-state index contributed by atoms with van der Waals surface area (Å²) in [5, 5.41) is 8.97. The average molecular weight is 247 g/mol. The molecule has 5 heteroatoms. The highest BCUT2D eigenvalue weighted by molar-refractivity contribution is 5.88. The molecule has 1 aliphatic carbocycles. The SMILES string of the molecule is N#CC1=CCC=C1c1cccc2c1OC(F)(F)O2. The van der Waals surface area contributed by atoms with Crippen LogP contribution in [0.3, 0.4) is 0 Å². The van der Waals surface area contributed by atoms with Crippen LogP contribution in [0.4, 0.5) is 8.78 Å². The van der Waals surface area contributed by atoms with Crippen molar-refractivity contribution in [1.82, 2.24) is 0 Å². The number of fused-ring (bicyclic) bond motifs is 1. The van der Waals surface area contributed by atoms with Gasteiger partial charge in [-0.1, -0.05) is 24.3 Å². The third-order valence-corrected chi connectivity index (χ3v) is 2.77. The van der Waals surface area contributed by atoms with Crippen LogP contribution in [0.15, 0.2) is 35.9 Å². The van der Waals surface area contributed by atoms with Crippen molar-refractivity contribution in [1.29, 1.82) is 5.26 Å². The predicted molar refractivity (Wildman–Crippen MR) is 58.9 cm³/mol. The smallest absolute Gasteiger partial charge is 0.395 e. The van der Waals surface area contributed by atoms with E-state index in [1.165, 1.54) is 6.07 Å². The van der Waals surface area contributed by atoms with E-state index in [0.717, 1.165) is 0 Å². The van der Waals surface area contributed by atoms with Gasteiger partial charge in [0.1, 0.15) is 0 Å². The zero-order valence-corrected chi connectivity index (χ0v) is 9.11. The second-order valence-electron chi connectivity index (χ2n) is 3.88. The molecule has 0 bridgehead atoms. The maximum absolute atomic E-state index is 13.0. The second-order valence-corrected chi connectivity index (χ2v) is 3.88. The summed E-state index contributed by atoms with van der Waals surface area (Å²) >= 11 is 0. The van der Waals surface area contributed by atoms with Gasteiger partial charge in [-0.05, 0) is 18.1 Å². The summed E-state index contributed by atoms with van der Waals surface area (Å²) in [4.78, 5) is 0. The molecule has 0 unspecified atom stereocenters. The number of nitrogens with zero attached hydrogens (tertiary/aromatic N) is 1. The lowest BCUT2D eigenvalue weighted by Crippen LogP contribution is -2.26. The fraction of sp³-hybridized carbons (Fsp3) is 0.154. The normalized spacial score (nSPS) is 19.2. The molecule has 90 valence electrons. The van der Waals surface area contributed by atoms with Gasteiger partial charge >= 0.3 is 6.29 Å². The summed E-state index contributed by atoms with van der Waals surface area (Å²) in [6.07, 6.45) is 0.504. The fourth-order valence-corrected chi connectivity index (χ4v) is 2.06. The Hall–Kier alpha value is -2.35. The summed E-state index contributed by atoms with van der Waals surface area (Å²) in [5.41, 5.74) is 1.52. The third kappa shape index (κ3) is 1.54. The van der Waals surface area contributed by atoms with Gasteiger partial charge in [-0.25, -0.2) is 0 Å². The summed E-state index contributed by atoms with van der Waals surface area (Å²) in [6.45, 7) is 0. The number of para-hydroxylation sites is 1. The summed E-state index contributed by atoms with van der Waals surface area (Å²) in [6, 6.07) is 6.66. The van der Waals surface area contributed by atoms with E-state index in [1.807, 2.05) is 6.07 Å². The Bertz CT molecular complexity index is 626. The van der Waals surface area contributed by atoms with E-state index in [2.05, 4.69) is 9.47 Å². The molecule has 0 saturated heterocycles. The Balaban J connectivity index is 2.10. The van der Waals surface area contributed by atoms with Gasteiger partial charge in [-0.3, -0.25) is 0 Å². The number of allylic oxidation sites excluding steroid dienone is 4. The van der Waals surface area contributed by atoms with Gasteiger partial charge in [0, 0.05) is 5.56 Å². The van der Waals surface area contributed by atoms with Crippen molar-refractivity contribution in [3.05, 3.63) is 41.5 Å². The zero-order valence-electron chi connectivity index (χ0n) is 9.11. The molecule has 0 aromatic heterocycles. The Kier molecular flexibility index (Phi) is 2.14. The van der Waals surface area contributed by atoms with E-state index in [1.54, 1.807) is 24.3 Å². The van der Waals surface area contributed by atoms with Crippen molar-refractivity contribution in [2.24, 2.45) is 0 Å². The van der Waals surface area contributed by atoms with Crippen molar-refractivity contribution in [2.75, 3.05) is 0 Å². The minimum absolute atomic E-state index is 0.0115. The molecule has 3 nitrogen and oxygen atoms in total. The van der Waals surface area contributed by atoms with Crippen molar-refractivity contribution < 1.29 is 18.3 Å². The number of alkyl halides is 2.